The van der Waals surface area contributed by atoms with Gasteiger partial charge in [0.25, 0.3) is 10.0 Å². The fraction of sp³-hybridized carbons (Fsp3) is 0.269. The average molecular weight is 499 g/mol. The second-order valence-corrected chi connectivity index (χ2v) is 9.74. The predicted octanol–water partition coefficient (Wildman–Crippen LogP) is 4.09. The third-order valence-electron chi connectivity index (χ3n) is 5.57. The normalized spacial score (nSPS) is 11.9. The van der Waals surface area contributed by atoms with Gasteiger partial charge >= 0.3 is 0 Å². The first-order valence-corrected chi connectivity index (χ1v) is 12.4. The number of carbonyl (C=O) groups is 1. The quantitative estimate of drug-likeness (QED) is 0.452. The fourth-order valence-electron chi connectivity index (χ4n) is 3.67. The number of methoxy groups -OCH3 is 3. The van der Waals surface area contributed by atoms with Gasteiger partial charge < -0.3 is 19.5 Å². The molecule has 1 unspecified atom stereocenters. The van der Waals surface area contributed by atoms with Crippen LogP contribution in [0.2, 0.25) is 0 Å². The van der Waals surface area contributed by atoms with Crippen LogP contribution in [0.4, 0.5) is 5.69 Å². The van der Waals surface area contributed by atoms with E-state index in [1.54, 1.807) is 62.6 Å². The first-order valence-electron chi connectivity index (χ1n) is 10.9. The third-order valence-corrected chi connectivity index (χ3v) is 7.34. The molecule has 0 heterocycles. The minimum Gasteiger partial charge on any atom is -0.496 e. The van der Waals surface area contributed by atoms with Crippen LogP contribution in [-0.4, -0.2) is 42.2 Å². The Morgan fingerprint density at radius 1 is 0.886 bits per heavy atom. The van der Waals surface area contributed by atoms with Crippen molar-refractivity contribution in [2.45, 2.75) is 24.8 Å². The zero-order chi connectivity index (χ0) is 25.6. The number of amides is 1. The van der Waals surface area contributed by atoms with Crippen LogP contribution in [-0.2, 0) is 14.8 Å². The molecule has 3 aromatic rings. The molecule has 0 aromatic heterocycles. The van der Waals surface area contributed by atoms with Crippen LogP contribution >= 0.6 is 0 Å². The maximum atomic E-state index is 13.6. The number of nitrogens with one attached hydrogen (secondary N) is 1. The monoisotopic (exact) mass is 498 g/mol. The number of para-hydroxylation sites is 1. The summed E-state index contributed by atoms with van der Waals surface area (Å²) in [6.07, 6.45) is 0. The zero-order valence-electron chi connectivity index (χ0n) is 20.4. The molecule has 35 heavy (non-hydrogen) atoms. The fourth-order valence-corrected chi connectivity index (χ4v) is 5.18. The minimum absolute atomic E-state index is 0.0698. The van der Waals surface area contributed by atoms with E-state index >= 15 is 0 Å². The molecule has 0 saturated heterocycles. The number of anilines is 1. The Labute approximate surface area is 206 Å². The van der Waals surface area contributed by atoms with Gasteiger partial charge in [-0.1, -0.05) is 24.3 Å². The lowest BCUT2D eigenvalue weighted by atomic mass is 10.1. The minimum atomic E-state index is -4.04. The molecule has 0 aliphatic heterocycles. The summed E-state index contributed by atoms with van der Waals surface area (Å²) in [6.45, 7) is 3.19. The van der Waals surface area contributed by atoms with Gasteiger partial charge in [0.1, 0.15) is 12.3 Å². The highest BCUT2D eigenvalue weighted by Gasteiger charge is 2.28. The number of ether oxygens (including phenoxy) is 3. The maximum Gasteiger partial charge on any atom is 0.264 e. The number of hydrogen-bond donors (Lipinski definition) is 1. The predicted molar refractivity (Wildman–Crippen MR) is 135 cm³/mol. The Balaban J connectivity index is 1.88. The van der Waals surface area contributed by atoms with Crippen molar-refractivity contribution >= 4 is 21.6 Å². The van der Waals surface area contributed by atoms with E-state index < -0.39 is 28.5 Å². The van der Waals surface area contributed by atoms with Gasteiger partial charge in [-0.05, 0) is 67.4 Å². The number of aryl methyl sites for hydroxylation is 1. The van der Waals surface area contributed by atoms with Crippen LogP contribution in [0.15, 0.2) is 71.6 Å². The number of rotatable bonds is 10. The summed E-state index contributed by atoms with van der Waals surface area (Å²) in [5.41, 5.74) is 1.85. The van der Waals surface area contributed by atoms with Crippen LogP contribution in [0, 0.1) is 6.92 Å². The van der Waals surface area contributed by atoms with Gasteiger partial charge in [0.05, 0.1) is 38.0 Å². The highest BCUT2D eigenvalue weighted by atomic mass is 32.2. The van der Waals surface area contributed by atoms with Crippen molar-refractivity contribution in [2.75, 3.05) is 32.2 Å². The van der Waals surface area contributed by atoms with Gasteiger partial charge in [0.15, 0.2) is 11.5 Å². The lowest BCUT2D eigenvalue weighted by Crippen LogP contribution is -2.41. The molecule has 3 aromatic carbocycles. The van der Waals surface area contributed by atoms with E-state index in [1.807, 2.05) is 13.0 Å². The van der Waals surface area contributed by atoms with E-state index in [0.29, 0.717) is 28.5 Å². The molecular formula is C26H30N2O6S. The van der Waals surface area contributed by atoms with Gasteiger partial charge in [-0.15, -0.1) is 0 Å². The number of benzene rings is 3. The lowest BCUT2D eigenvalue weighted by Gasteiger charge is -2.25. The van der Waals surface area contributed by atoms with Crippen LogP contribution in [0.25, 0.3) is 0 Å². The Morgan fingerprint density at radius 2 is 1.51 bits per heavy atom. The molecule has 0 fully saturated rings. The standard InChI is InChI=1S/C26H30N2O6S/c1-18-15-22(12-14-23(18)32-3)35(30,31)28(21-9-7-6-8-10-21)17-26(29)27-19(2)20-11-13-24(33-4)25(16-20)34-5/h6-16,19H,17H2,1-5H3,(H,27,29). The third kappa shape index (κ3) is 5.86. The highest BCUT2D eigenvalue weighted by Crippen LogP contribution is 2.30. The summed E-state index contributed by atoms with van der Waals surface area (Å²) in [5.74, 6) is 1.24. The zero-order valence-corrected chi connectivity index (χ0v) is 21.3. The summed E-state index contributed by atoms with van der Waals surface area (Å²) < 4.78 is 44.2. The van der Waals surface area contributed by atoms with Crippen LogP contribution in [0.3, 0.4) is 0 Å². The van der Waals surface area contributed by atoms with Gasteiger partial charge in [-0.25, -0.2) is 8.42 Å². The highest BCUT2D eigenvalue weighted by molar-refractivity contribution is 7.92. The number of nitrogens with zero attached hydrogens (tertiary/aromatic N) is 1. The summed E-state index contributed by atoms with van der Waals surface area (Å²) in [5, 5.41) is 2.88. The molecular weight excluding hydrogens is 468 g/mol. The van der Waals surface area contributed by atoms with Crippen molar-refractivity contribution in [1.82, 2.24) is 5.32 Å². The van der Waals surface area contributed by atoms with Crippen LogP contribution < -0.4 is 23.8 Å². The molecule has 186 valence electrons. The van der Waals surface area contributed by atoms with Crippen LogP contribution in [0.1, 0.15) is 24.1 Å². The summed E-state index contributed by atoms with van der Waals surface area (Å²) in [7, 11) is 0.571. The molecule has 9 heteroatoms. The van der Waals surface area contributed by atoms with Crippen molar-refractivity contribution < 1.29 is 27.4 Å². The van der Waals surface area contributed by atoms with E-state index in [9.17, 15) is 13.2 Å². The Hall–Kier alpha value is -3.72. The van der Waals surface area contributed by atoms with E-state index in [4.69, 9.17) is 14.2 Å². The maximum absolute atomic E-state index is 13.6. The van der Waals surface area contributed by atoms with Crippen molar-refractivity contribution in [3.63, 3.8) is 0 Å². The number of carbonyl (C=O) groups excluding carboxylic acids is 1. The van der Waals surface area contributed by atoms with E-state index in [2.05, 4.69) is 5.32 Å². The smallest absolute Gasteiger partial charge is 0.264 e. The van der Waals surface area contributed by atoms with E-state index in [-0.39, 0.29) is 4.90 Å². The summed E-state index contributed by atoms with van der Waals surface area (Å²) >= 11 is 0. The van der Waals surface area contributed by atoms with Gasteiger partial charge in [0, 0.05) is 0 Å². The molecule has 3 rings (SSSR count). The molecule has 1 N–H and O–H groups in total. The molecule has 0 spiro atoms. The molecule has 0 bridgehead atoms. The lowest BCUT2D eigenvalue weighted by molar-refractivity contribution is -0.120. The van der Waals surface area contributed by atoms with E-state index in [1.165, 1.54) is 26.4 Å². The Bertz CT molecular complexity index is 1280. The topological polar surface area (TPSA) is 94.2 Å². The Kier molecular flexibility index (Phi) is 8.24. The second-order valence-electron chi connectivity index (χ2n) is 7.88. The molecule has 8 nitrogen and oxygen atoms in total. The first kappa shape index (κ1) is 25.9. The Morgan fingerprint density at radius 3 is 2.11 bits per heavy atom. The second kappa shape index (κ2) is 11.1. The number of sulfonamides is 1. The molecule has 1 atom stereocenters. The molecule has 0 aliphatic rings. The van der Waals surface area contributed by atoms with Gasteiger partial charge in [-0.2, -0.15) is 0 Å². The molecule has 1 amide bonds. The average Bonchev–Trinajstić information content (AvgIpc) is 2.87. The molecule has 0 radical (unpaired) electrons. The first-order chi connectivity index (χ1) is 16.7. The van der Waals surface area contributed by atoms with Crippen molar-refractivity contribution in [3.8, 4) is 17.2 Å². The number of hydrogen-bond acceptors (Lipinski definition) is 6. The van der Waals surface area contributed by atoms with Crippen molar-refractivity contribution in [2.24, 2.45) is 0 Å². The van der Waals surface area contributed by atoms with Crippen molar-refractivity contribution in [1.29, 1.82) is 0 Å². The van der Waals surface area contributed by atoms with Gasteiger partial charge in [0.2, 0.25) is 5.91 Å². The largest absolute Gasteiger partial charge is 0.496 e. The molecule has 0 aliphatic carbocycles. The summed E-state index contributed by atoms with van der Waals surface area (Å²) in [6, 6.07) is 18.1. The SMILES string of the molecule is COc1ccc(S(=O)(=O)N(CC(=O)NC(C)c2ccc(OC)c(OC)c2)c2ccccc2)cc1C. The van der Waals surface area contributed by atoms with Crippen LogP contribution in [0.5, 0.6) is 17.2 Å². The van der Waals surface area contributed by atoms with Gasteiger partial charge in [-0.3, -0.25) is 9.10 Å². The van der Waals surface area contributed by atoms with Crippen molar-refractivity contribution in [3.05, 3.63) is 77.9 Å². The molecule has 0 saturated carbocycles. The van der Waals surface area contributed by atoms with E-state index in [0.717, 1.165) is 9.87 Å². The summed E-state index contributed by atoms with van der Waals surface area (Å²) in [4.78, 5) is 13.1.